The van der Waals surface area contributed by atoms with Crippen LogP contribution in [-0.2, 0) is 0 Å². The van der Waals surface area contributed by atoms with Crippen LogP contribution >= 0.6 is 0 Å². The zero-order valence-electron chi connectivity index (χ0n) is 9.09. The van der Waals surface area contributed by atoms with Gasteiger partial charge in [0.25, 0.3) is 0 Å². The second kappa shape index (κ2) is 4.03. The van der Waals surface area contributed by atoms with Crippen LogP contribution in [0.4, 0.5) is 0 Å². The van der Waals surface area contributed by atoms with Crippen LogP contribution in [-0.4, -0.2) is 20.8 Å². The van der Waals surface area contributed by atoms with Crippen molar-refractivity contribution in [3.8, 4) is 0 Å². The molecule has 0 spiro atoms. The Bertz CT molecular complexity index is 450. The Morgan fingerprint density at radius 1 is 1.40 bits per heavy atom. The van der Waals surface area contributed by atoms with E-state index in [4.69, 9.17) is 0 Å². The molecule has 2 atom stereocenters. The molecule has 80 valence electrons. The van der Waals surface area contributed by atoms with E-state index in [0.717, 1.165) is 17.5 Å². The predicted molar refractivity (Wildman–Crippen MR) is 60.7 cm³/mol. The Labute approximate surface area is 89.4 Å². The molecule has 1 heterocycles. The Balaban J connectivity index is 2.43. The van der Waals surface area contributed by atoms with Gasteiger partial charge in [-0.25, -0.2) is 4.98 Å². The number of aliphatic hydroxyl groups is 1. The zero-order valence-corrected chi connectivity index (χ0v) is 9.09. The maximum atomic E-state index is 9.81. The number of para-hydroxylation sites is 2. The van der Waals surface area contributed by atoms with Crippen LogP contribution in [0.5, 0.6) is 0 Å². The summed E-state index contributed by atoms with van der Waals surface area (Å²) in [5.74, 6) is 0. The lowest BCUT2D eigenvalue weighted by atomic mass is 10.1. The largest absolute Gasteiger partial charge is 0.391 e. The molecule has 3 heteroatoms. The van der Waals surface area contributed by atoms with E-state index in [0.29, 0.717) is 0 Å². The Kier molecular flexibility index (Phi) is 2.73. The topological polar surface area (TPSA) is 38.0 Å². The third-order valence-electron chi connectivity index (χ3n) is 2.90. The van der Waals surface area contributed by atoms with Gasteiger partial charge in [0.2, 0.25) is 0 Å². The van der Waals surface area contributed by atoms with Gasteiger partial charge in [-0.2, -0.15) is 0 Å². The number of aromatic nitrogens is 2. The van der Waals surface area contributed by atoms with Gasteiger partial charge in [-0.1, -0.05) is 19.1 Å². The summed E-state index contributed by atoms with van der Waals surface area (Å²) in [6.45, 7) is 4.00. The molecular formula is C12H16N2O. The summed E-state index contributed by atoms with van der Waals surface area (Å²) in [7, 11) is 0. The van der Waals surface area contributed by atoms with Crippen molar-refractivity contribution >= 4 is 11.0 Å². The van der Waals surface area contributed by atoms with Crippen LogP contribution in [0, 0.1) is 0 Å². The molecule has 0 fully saturated rings. The molecule has 0 bridgehead atoms. The zero-order chi connectivity index (χ0) is 10.8. The van der Waals surface area contributed by atoms with Gasteiger partial charge >= 0.3 is 0 Å². The average Bonchev–Trinajstić information content (AvgIpc) is 2.70. The first-order valence-corrected chi connectivity index (χ1v) is 5.33. The second-order valence-corrected chi connectivity index (χ2v) is 3.86. The number of rotatable bonds is 3. The molecule has 0 aliphatic heterocycles. The molecule has 0 radical (unpaired) electrons. The molecule has 1 aromatic heterocycles. The maximum Gasteiger partial charge on any atom is 0.0961 e. The number of hydrogen-bond acceptors (Lipinski definition) is 2. The summed E-state index contributed by atoms with van der Waals surface area (Å²) in [6, 6.07) is 8.05. The summed E-state index contributed by atoms with van der Waals surface area (Å²) in [4.78, 5) is 4.31. The lowest BCUT2D eigenvalue weighted by Gasteiger charge is -2.19. The first-order chi connectivity index (χ1) is 7.24. The van der Waals surface area contributed by atoms with E-state index in [1.165, 1.54) is 0 Å². The van der Waals surface area contributed by atoms with Crippen LogP contribution < -0.4 is 0 Å². The Morgan fingerprint density at radius 3 is 2.87 bits per heavy atom. The number of fused-ring (bicyclic) bond motifs is 1. The maximum absolute atomic E-state index is 9.81. The highest BCUT2D eigenvalue weighted by Gasteiger charge is 2.15. The lowest BCUT2D eigenvalue weighted by molar-refractivity contribution is 0.118. The summed E-state index contributed by atoms with van der Waals surface area (Å²) in [5.41, 5.74) is 2.06. The highest BCUT2D eigenvalue weighted by molar-refractivity contribution is 5.75. The third kappa shape index (κ3) is 1.75. The minimum Gasteiger partial charge on any atom is -0.391 e. The first-order valence-electron chi connectivity index (χ1n) is 5.33. The molecule has 2 rings (SSSR count). The molecule has 0 aliphatic rings. The van der Waals surface area contributed by atoms with Crippen LogP contribution in [0.2, 0.25) is 0 Å². The minimum absolute atomic E-state index is 0.0717. The van der Waals surface area contributed by atoms with Crippen molar-refractivity contribution in [2.45, 2.75) is 32.4 Å². The van der Waals surface area contributed by atoms with Gasteiger partial charge in [0.15, 0.2) is 0 Å². The van der Waals surface area contributed by atoms with Gasteiger partial charge < -0.3 is 9.67 Å². The molecular weight excluding hydrogens is 188 g/mol. The van der Waals surface area contributed by atoms with Gasteiger partial charge in [0.05, 0.1) is 29.5 Å². The van der Waals surface area contributed by atoms with Gasteiger partial charge in [-0.3, -0.25) is 0 Å². The van der Waals surface area contributed by atoms with Crippen molar-refractivity contribution in [2.75, 3.05) is 0 Å². The van der Waals surface area contributed by atoms with Gasteiger partial charge in [0, 0.05) is 0 Å². The van der Waals surface area contributed by atoms with Gasteiger partial charge in [-0.15, -0.1) is 0 Å². The minimum atomic E-state index is -0.317. The van der Waals surface area contributed by atoms with Crippen molar-refractivity contribution in [3.05, 3.63) is 30.6 Å². The van der Waals surface area contributed by atoms with E-state index in [1.807, 2.05) is 42.7 Å². The average molecular weight is 204 g/mol. The highest BCUT2D eigenvalue weighted by Crippen LogP contribution is 2.20. The van der Waals surface area contributed by atoms with Crippen molar-refractivity contribution in [1.82, 2.24) is 9.55 Å². The van der Waals surface area contributed by atoms with E-state index in [2.05, 4.69) is 4.98 Å². The predicted octanol–water partition coefficient (Wildman–Crippen LogP) is 2.37. The standard InChI is InChI=1S/C12H16N2O/c1-3-12(15)9(2)14-8-13-10-6-4-5-7-11(10)14/h4-9,12,15H,3H2,1-2H3. The summed E-state index contributed by atoms with van der Waals surface area (Å²) in [6.07, 6.45) is 2.24. The smallest absolute Gasteiger partial charge is 0.0961 e. The normalized spacial score (nSPS) is 15.4. The molecule has 1 N–H and O–H groups in total. The van der Waals surface area contributed by atoms with Crippen LogP contribution in [0.15, 0.2) is 30.6 Å². The number of imidazole rings is 1. The molecule has 2 unspecified atom stereocenters. The first kappa shape index (κ1) is 10.2. The van der Waals surface area contributed by atoms with Gasteiger partial charge in [-0.05, 0) is 25.5 Å². The molecule has 0 saturated carbocycles. The van der Waals surface area contributed by atoms with Crippen LogP contribution in [0.3, 0.4) is 0 Å². The fourth-order valence-corrected chi connectivity index (χ4v) is 1.83. The van der Waals surface area contributed by atoms with E-state index in [1.54, 1.807) is 6.33 Å². The quantitative estimate of drug-likeness (QED) is 0.833. The molecule has 1 aromatic carbocycles. The molecule has 3 nitrogen and oxygen atoms in total. The lowest BCUT2D eigenvalue weighted by Crippen LogP contribution is -2.19. The van der Waals surface area contributed by atoms with Crippen LogP contribution in [0.1, 0.15) is 26.3 Å². The molecule has 0 aliphatic carbocycles. The molecule has 0 saturated heterocycles. The van der Waals surface area contributed by atoms with Gasteiger partial charge in [0.1, 0.15) is 0 Å². The van der Waals surface area contributed by atoms with Crippen molar-refractivity contribution in [1.29, 1.82) is 0 Å². The van der Waals surface area contributed by atoms with E-state index >= 15 is 0 Å². The van der Waals surface area contributed by atoms with Crippen molar-refractivity contribution in [2.24, 2.45) is 0 Å². The third-order valence-corrected chi connectivity index (χ3v) is 2.90. The van der Waals surface area contributed by atoms with E-state index in [-0.39, 0.29) is 12.1 Å². The Hall–Kier alpha value is -1.35. The number of aliphatic hydroxyl groups excluding tert-OH is 1. The molecule has 0 amide bonds. The monoisotopic (exact) mass is 204 g/mol. The Morgan fingerprint density at radius 2 is 2.13 bits per heavy atom. The van der Waals surface area contributed by atoms with E-state index in [9.17, 15) is 5.11 Å². The van der Waals surface area contributed by atoms with Crippen molar-refractivity contribution in [3.63, 3.8) is 0 Å². The SMILES string of the molecule is CCC(O)C(C)n1cnc2ccccc21. The van der Waals surface area contributed by atoms with E-state index < -0.39 is 0 Å². The fraction of sp³-hybridized carbons (Fsp3) is 0.417. The number of hydrogen-bond donors (Lipinski definition) is 1. The summed E-state index contributed by atoms with van der Waals surface area (Å²) in [5, 5.41) is 9.81. The van der Waals surface area contributed by atoms with Crippen molar-refractivity contribution < 1.29 is 5.11 Å². The number of nitrogens with zero attached hydrogens (tertiary/aromatic N) is 2. The second-order valence-electron chi connectivity index (χ2n) is 3.86. The molecule has 2 aromatic rings. The molecule has 15 heavy (non-hydrogen) atoms. The number of benzene rings is 1. The summed E-state index contributed by atoms with van der Waals surface area (Å²) < 4.78 is 2.03. The van der Waals surface area contributed by atoms with Crippen LogP contribution in [0.25, 0.3) is 11.0 Å². The fourth-order valence-electron chi connectivity index (χ4n) is 1.83. The highest BCUT2D eigenvalue weighted by atomic mass is 16.3. The summed E-state index contributed by atoms with van der Waals surface area (Å²) >= 11 is 0.